The first kappa shape index (κ1) is 21.3. The number of nitrogens with two attached hydrogens (primary N) is 2. The molecule has 0 amide bonds. The van der Waals surface area contributed by atoms with E-state index in [1.165, 1.54) is 23.5 Å². The summed E-state index contributed by atoms with van der Waals surface area (Å²) in [5, 5.41) is 19.0. The Labute approximate surface area is 185 Å². The number of nitriles is 1. The van der Waals surface area contributed by atoms with Crippen molar-refractivity contribution in [2.75, 3.05) is 4.90 Å². The number of carbonyl (C=O) groups excluding carboxylic acids is 1. The summed E-state index contributed by atoms with van der Waals surface area (Å²) in [7, 11) is -3.85. The second kappa shape index (κ2) is 7.34. The molecule has 1 aliphatic heterocycles. The van der Waals surface area contributed by atoms with Crippen molar-refractivity contribution in [2.24, 2.45) is 16.3 Å². The van der Waals surface area contributed by atoms with Crippen LogP contribution in [0, 0.1) is 16.7 Å². The maximum Gasteiger partial charge on any atom is 0.238 e. The molecular weight excluding hydrogens is 432 g/mol. The van der Waals surface area contributed by atoms with Crippen LogP contribution in [-0.2, 0) is 14.8 Å². The summed E-state index contributed by atoms with van der Waals surface area (Å²) < 4.78 is 23.3. The van der Waals surface area contributed by atoms with Crippen molar-refractivity contribution in [3.8, 4) is 6.07 Å². The highest BCUT2D eigenvalue weighted by atomic mass is 32.2. The van der Waals surface area contributed by atoms with Crippen LogP contribution >= 0.6 is 11.3 Å². The highest BCUT2D eigenvalue weighted by Crippen LogP contribution is 2.50. The third-order valence-corrected chi connectivity index (χ3v) is 7.31. The Balaban J connectivity index is 1.95. The Kier molecular flexibility index (Phi) is 5.04. The standard InChI is InChI=1S/C22H22N4O3S2/c1-22(2)9-17-20(18(27)10-22)19(13-7-8-30-12-13)16(11-23)21(24)26(17)14-3-5-15(6-4-14)31(25,28)29/h3-8,12,19H,9-10,24H2,1-2H3,(H2,25,28,29)/t19-/m0/s1. The van der Waals surface area contributed by atoms with E-state index in [2.05, 4.69) is 6.07 Å². The Morgan fingerprint density at radius 1 is 1.19 bits per heavy atom. The van der Waals surface area contributed by atoms with E-state index < -0.39 is 15.9 Å². The van der Waals surface area contributed by atoms with Gasteiger partial charge in [-0.2, -0.15) is 16.6 Å². The van der Waals surface area contributed by atoms with Gasteiger partial charge in [0.1, 0.15) is 5.82 Å². The molecule has 1 aliphatic carbocycles. The largest absolute Gasteiger partial charge is 0.384 e. The van der Waals surface area contributed by atoms with Crippen molar-refractivity contribution >= 4 is 32.8 Å². The topological polar surface area (TPSA) is 130 Å². The van der Waals surface area contributed by atoms with Gasteiger partial charge in [0.25, 0.3) is 0 Å². The van der Waals surface area contributed by atoms with Crippen LogP contribution in [0.1, 0.15) is 38.2 Å². The summed E-state index contributed by atoms with van der Waals surface area (Å²) in [5.74, 6) is -0.269. The van der Waals surface area contributed by atoms with Crippen molar-refractivity contribution in [2.45, 2.75) is 37.5 Å². The fourth-order valence-electron chi connectivity index (χ4n) is 4.36. The molecule has 1 atom stereocenters. The maximum atomic E-state index is 13.3. The van der Waals surface area contributed by atoms with Crippen molar-refractivity contribution < 1.29 is 13.2 Å². The number of anilines is 1. The lowest BCUT2D eigenvalue weighted by atomic mass is 9.69. The molecule has 31 heavy (non-hydrogen) atoms. The van der Waals surface area contributed by atoms with Crippen LogP contribution in [0.15, 0.2) is 68.7 Å². The number of benzene rings is 1. The second-order valence-electron chi connectivity index (χ2n) is 8.58. The molecule has 4 N–H and O–H groups in total. The van der Waals surface area contributed by atoms with Crippen LogP contribution < -0.4 is 15.8 Å². The lowest BCUT2D eigenvalue weighted by Gasteiger charge is -2.43. The molecule has 2 aliphatic rings. The van der Waals surface area contributed by atoms with Crippen LogP contribution in [0.25, 0.3) is 0 Å². The van der Waals surface area contributed by atoms with E-state index in [1.807, 2.05) is 30.7 Å². The summed E-state index contributed by atoms with van der Waals surface area (Å²) in [6, 6.07) is 10.1. The fraction of sp³-hybridized carbons (Fsp3) is 0.273. The van der Waals surface area contributed by atoms with Crippen LogP contribution in [0.2, 0.25) is 0 Å². The van der Waals surface area contributed by atoms with E-state index in [0.29, 0.717) is 29.7 Å². The van der Waals surface area contributed by atoms with Gasteiger partial charge in [0, 0.05) is 23.4 Å². The number of carbonyl (C=O) groups is 1. The molecule has 4 rings (SSSR count). The Morgan fingerprint density at radius 3 is 2.42 bits per heavy atom. The quantitative estimate of drug-likeness (QED) is 0.731. The van der Waals surface area contributed by atoms with E-state index in [9.17, 15) is 18.5 Å². The number of rotatable bonds is 3. The van der Waals surface area contributed by atoms with Crippen molar-refractivity contribution in [3.63, 3.8) is 0 Å². The summed E-state index contributed by atoms with van der Waals surface area (Å²) in [6.45, 7) is 4.05. The summed E-state index contributed by atoms with van der Waals surface area (Å²) in [4.78, 5) is 15.0. The van der Waals surface area contributed by atoms with Gasteiger partial charge in [0.15, 0.2) is 5.78 Å². The molecule has 0 saturated heterocycles. The van der Waals surface area contributed by atoms with E-state index >= 15 is 0 Å². The first-order valence-corrected chi connectivity index (χ1v) is 12.1. The van der Waals surface area contributed by atoms with Gasteiger partial charge >= 0.3 is 0 Å². The number of allylic oxidation sites excluding steroid dienone is 3. The van der Waals surface area contributed by atoms with Crippen molar-refractivity contribution in [3.05, 3.63) is 69.3 Å². The minimum Gasteiger partial charge on any atom is -0.384 e. The smallest absolute Gasteiger partial charge is 0.238 e. The van der Waals surface area contributed by atoms with Gasteiger partial charge in [-0.3, -0.25) is 9.69 Å². The molecule has 2 aromatic rings. The molecule has 0 bridgehead atoms. The van der Waals surface area contributed by atoms with Crippen LogP contribution in [0.5, 0.6) is 0 Å². The van der Waals surface area contributed by atoms with Crippen LogP contribution in [0.4, 0.5) is 5.69 Å². The highest BCUT2D eigenvalue weighted by Gasteiger charge is 2.44. The van der Waals surface area contributed by atoms with Crippen molar-refractivity contribution in [1.29, 1.82) is 5.26 Å². The average Bonchev–Trinajstić information content (AvgIpc) is 3.20. The average molecular weight is 455 g/mol. The molecule has 9 heteroatoms. The molecule has 0 saturated carbocycles. The lowest BCUT2D eigenvalue weighted by Crippen LogP contribution is -2.42. The normalized spacial score (nSPS) is 21.2. The van der Waals surface area contributed by atoms with Gasteiger partial charge in [-0.05, 0) is 58.5 Å². The van der Waals surface area contributed by atoms with Gasteiger partial charge in [-0.1, -0.05) is 13.8 Å². The van der Waals surface area contributed by atoms with Gasteiger partial charge in [-0.25, -0.2) is 13.6 Å². The fourth-order valence-corrected chi connectivity index (χ4v) is 5.56. The number of hydrogen-bond acceptors (Lipinski definition) is 7. The SMILES string of the molecule is CC1(C)CC(=O)C2=C(C1)N(c1ccc(S(N)(=O)=O)cc1)C(N)=C(C#N)[C@@H]2c1ccsc1. The monoisotopic (exact) mass is 454 g/mol. The van der Waals surface area contributed by atoms with Crippen LogP contribution in [0.3, 0.4) is 0 Å². The third-order valence-electron chi connectivity index (χ3n) is 5.68. The number of thiophene rings is 1. The molecule has 2 heterocycles. The van der Waals surface area contributed by atoms with Gasteiger partial charge in [0.05, 0.1) is 22.5 Å². The molecule has 0 spiro atoms. The lowest BCUT2D eigenvalue weighted by molar-refractivity contribution is -0.118. The number of Topliss-reactive ketones (excluding diaryl/α,β-unsaturated/α-hetero) is 1. The summed E-state index contributed by atoms with van der Waals surface area (Å²) >= 11 is 1.50. The maximum absolute atomic E-state index is 13.3. The molecule has 0 unspecified atom stereocenters. The Morgan fingerprint density at radius 2 is 1.87 bits per heavy atom. The highest BCUT2D eigenvalue weighted by molar-refractivity contribution is 7.89. The molecular formula is C22H22N4O3S2. The predicted octanol–water partition coefficient (Wildman–Crippen LogP) is 3.34. The number of nitrogens with zero attached hydrogens (tertiary/aromatic N) is 2. The Bertz CT molecular complexity index is 1270. The zero-order valence-electron chi connectivity index (χ0n) is 17.1. The van der Waals surface area contributed by atoms with E-state index in [4.69, 9.17) is 10.9 Å². The van der Waals surface area contributed by atoms with E-state index in [0.717, 1.165) is 11.3 Å². The zero-order chi connectivity index (χ0) is 22.6. The van der Waals surface area contributed by atoms with Gasteiger partial charge < -0.3 is 5.73 Å². The number of sulfonamides is 1. The van der Waals surface area contributed by atoms with E-state index in [-0.39, 0.29) is 21.9 Å². The minimum atomic E-state index is -3.85. The van der Waals surface area contributed by atoms with E-state index in [1.54, 1.807) is 17.0 Å². The first-order chi connectivity index (χ1) is 14.5. The van der Waals surface area contributed by atoms with Gasteiger partial charge in [0.2, 0.25) is 10.0 Å². The molecule has 1 aromatic carbocycles. The number of primary sulfonamides is 1. The minimum absolute atomic E-state index is 0.00569. The Hall–Kier alpha value is -2.93. The number of ketones is 1. The van der Waals surface area contributed by atoms with Gasteiger partial charge in [-0.15, -0.1) is 0 Å². The third kappa shape index (κ3) is 3.67. The van der Waals surface area contributed by atoms with Crippen LogP contribution in [-0.4, -0.2) is 14.2 Å². The molecule has 160 valence electrons. The zero-order valence-corrected chi connectivity index (χ0v) is 18.8. The first-order valence-electron chi connectivity index (χ1n) is 9.64. The molecule has 0 fully saturated rings. The van der Waals surface area contributed by atoms with Crippen molar-refractivity contribution in [1.82, 2.24) is 0 Å². The molecule has 0 radical (unpaired) electrons. The summed E-state index contributed by atoms with van der Waals surface area (Å²) in [6.07, 6.45) is 0.967. The summed E-state index contributed by atoms with van der Waals surface area (Å²) in [5.41, 5.74) is 9.32. The molecule has 7 nitrogen and oxygen atoms in total. The second-order valence-corrected chi connectivity index (χ2v) is 10.9. The molecule has 1 aromatic heterocycles. The number of hydrogen-bond donors (Lipinski definition) is 2. The predicted molar refractivity (Wildman–Crippen MR) is 119 cm³/mol.